The molecule has 0 bridgehead atoms. The lowest BCUT2D eigenvalue weighted by molar-refractivity contribution is 0.0940. The van der Waals surface area contributed by atoms with Gasteiger partial charge in [0.25, 0.3) is 5.91 Å². The summed E-state index contributed by atoms with van der Waals surface area (Å²) in [7, 11) is 0. The highest BCUT2D eigenvalue weighted by Crippen LogP contribution is 2.33. The number of aromatic nitrogens is 2. The number of nitrogens with zero attached hydrogens (tertiary/aromatic N) is 3. The molecule has 2 fully saturated rings. The van der Waals surface area contributed by atoms with E-state index in [-0.39, 0.29) is 11.9 Å². The Morgan fingerprint density at radius 3 is 3.00 bits per heavy atom. The zero-order chi connectivity index (χ0) is 13.4. The summed E-state index contributed by atoms with van der Waals surface area (Å²) in [6.45, 7) is 5.25. The molecule has 0 aromatic carbocycles. The van der Waals surface area contributed by atoms with Crippen LogP contribution in [0.25, 0.3) is 0 Å². The van der Waals surface area contributed by atoms with E-state index in [2.05, 4.69) is 26.7 Å². The first-order valence-corrected chi connectivity index (χ1v) is 7.84. The number of likely N-dealkylation sites (tertiary alicyclic amines) is 1. The van der Waals surface area contributed by atoms with Gasteiger partial charge in [0.15, 0.2) is 0 Å². The summed E-state index contributed by atoms with van der Waals surface area (Å²) in [4.78, 5) is 15.5. The van der Waals surface area contributed by atoms with Crippen LogP contribution in [0.2, 0.25) is 0 Å². The van der Waals surface area contributed by atoms with Gasteiger partial charge in [-0.1, -0.05) is 11.4 Å². The van der Waals surface area contributed by atoms with Crippen molar-refractivity contribution in [2.45, 2.75) is 57.7 Å². The third-order valence-corrected chi connectivity index (χ3v) is 4.84. The summed E-state index contributed by atoms with van der Waals surface area (Å²) in [6, 6.07) is 1.63. The van der Waals surface area contributed by atoms with Gasteiger partial charge >= 0.3 is 0 Å². The molecule has 3 rings (SSSR count). The standard InChI is InChI=1S/C13H20N4OS/c1-3-11-12(19-16-15-11)13(18)14-9-6-8(2)17(7-9)10-4-5-10/h8-10H,3-7H2,1-2H3,(H,14,18)/t8-,9-/m1/s1. The SMILES string of the molecule is CCc1nnsc1C(=O)N[C@@H]1C[C@@H](C)N(C2CC2)C1. The summed E-state index contributed by atoms with van der Waals surface area (Å²) in [6.07, 6.45) is 4.46. The highest BCUT2D eigenvalue weighted by atomic mass is 32.1. The maximum absolute atomic E-state index is 12.2. The van der Waals surface area contributed by atoms with E-state index in [0.717, 1.165) is 31.1 Å². The number of hydrogen-bond donors (Lipinski definition) is 1. The van der Waals surface area contributed by atoms with Gasteiger partial charge in [0.2, 0.25) is 0 Å². The summed E-state index contributed by atoms with van der Waals surface area (Å²) in [5.41, 5.74) is 0.813. The lowest BCUT2D eigenvalue weighted by Gasteiger charge is -2.19. The van der Waals surface area contributed by atoms with E-state index in [1.54, 1.807) is 0 Å². The lowest BCUT2D eigenvalue weighted by Crippen LogP contribution is -2.37. The third kappa shape index (κ3) is 2.65. The first-order valence-electron chi connectivity index (χ1n) is 7.06. The van der Waals surface area contributed by atoms with Gasteiger partial charge in [-0.2, -0.15) is 0 Å². The molecule has 1 aliphatic carbocycles. The molecule has 1 N–H and O–H groups in total. The normalized spacial score (nSPS) is 27.7. The first-order chi connectivity index (χ1) is 9.19. The Labute approximate surface area is 117 Å². The van der Waals surface area contributed by atoms with Gasteiger partial charge in [0.1, 0.15) is 4.88 Å². The van der Waals surface area contributed by atoms with Crippen LogP contribution in [0.4, 0.5) is 0 Å². The Balaban J connectivity index is 1.61. The summed E-state index contributed by atoms with van der Waals surface area (Å²) < 4.78 is 3.88. The second kappa shape index (κ2) is 5.17. The maximum Gasteiger partial charge on any atom is 0.265 e. The zero-order valence-corrected chi connectivity index (χ0v) is 12.2. The molecule has 19 heavy (non-hydrogen) atoms. The number of hydrogen-bond acceptors (Lipinski definition) is 5. The second-order valence-corrected chi connectivity index (χ2v) is 6.34. The average molecular weight is 280 g/mol. The van der Waals surface area contributed by atoms with Gasteiger partial charge < -0.3 is 5.32 Å². The van der Waals surface area contributed by atoms with E-state index in [0.29, 0.717) is 10.9 Å². The molecule has 2 atom stereocenters. The van der Waals surface area contributed by atoms with Gasteiger partial charge in [-0.15, -0.1) is 5.10 Å². The lowest BCUT2D eigenvalue weighted by atomic mass is 10.2. The summed E-state index contributed by atoms with van der Waals surface area (Å²) in [5.74, 6) is 0.00157. The van der Waals surface area contributed by atoms with Crippen LogP contribution < -0.4 is 5.32 Å². The van der Waals surface area contributed by atoms with Gasteiger partial charge in [-0.3, -0.25) is 9.69 Å². The van der Waals surface area contributed by atoms with Crippen molar-refractivity contribution >= 4 is 17.4 Å². The number of amides is 1. The number of rotatable bonds is 4. The molecular weight excluding hydrogens is 260 g/mol. The van der Waals surface area contributed by atoms with Crippen LogP contribution in [0.5, 0.6) is 0 Å². The molecule has 2 aliphatic rings. The molecule has 1 saturated heterocycles. The molecule has 0 unspecified atom stereocenters. The fourth-order valence-electron chi connectivity index (χ4n) is 2.94. The smallest absolute Gasteiger partial charge is 0.265 e. The molecule has 2 heterocycles. The molecule has 5 nitrogen and oxygen atoms in total. The molecule has 1 saturated carbocycles. The number of nitrogens with one attached hydrogen (secondary N) is 1. The van der Waals surface area contributed by atoms with Crippen molar-refractivity contribution in [1.82, 2.24) is 19.8 Å². The Morgan fingerprint density at radius 1 is 1.53 bits per heavy atom. The van der Waals surface area contributed by atoms with Gasteiger partial charge in [-0.25, -0.2) is 0 Å². The third-order valence-electron chi connectivity index (χ3n) is 4.07. The molecule has 1 aliphatic heterocycles. The van der Waals surface area contributed by atoms with Crippen molar-refractivity contribution in [3.8, 4) is 0 Å². The second-order valence-electron chi connectivity index (χ2n) is 5.59. The van der Waals surface area contributed by atoms with Crippen LogP contribution in [0.1, 0.15) is 48.5 Å². The highest BCUT2D eigenvalue weighted by molar-refractivity contribution is 7.08. The van der Waals surface area contributed by atoms with Crippen molar-refractivity contribution < 1.29 is 4.79 Å². The van der Waals surface area contributed by atoms with Crippen LogP contribution in [0, 0.1) is 0 Å². The van der Waals surface area contributed by atoms with Crippen molar-refractivity contribution in [1.29, 1.82) is 0 Å². The Hall–Kier alpha value is -1.01. The van der Waals surface area contributed by atoms with Crippen molar-refractivity contribution in [2.75, 3.05) is 6.54 Å². The van der Waals surface area contributed by atoms with E-state index in [9.17, 15) is 4.79 Å². The van der Waals surface area contributed by atoms with E-state index in [1.807, 2.05) is 6.92 Å². The van der Waals surface area contributed by atoms with Gasteiger partial charge in [0.05, 0.1) is 5.69 Å². The van der Waals surface area contributed by atoms with Crippen molar-refractivity contribution in [2.24, 2.45) is 0 Å². The average Bonchev–Trinajstić information content (AvgIpc) is 2.99. The monoisotopic (exact) mass is 280 g/mol. The van der Waals surface area contributed by atoms with E-state index >= 15 is 0 Å². The van der Waals surface area contributed by atoms with E-state index < -0.39 is 0 Å². The Morgan fingerprint density at radius 2 is 2.32 bits per heavy atom. The Kier molecular flexibility index (Phi) is 3.54. The van der Waals surface area contributed by atoms with Gasteiger partial charge in [-0.05, 0) is 44.1 Å². The fourth-order valence-corrected chi connectivity index (χ4v) is 3.59. The fraction of sp³-hybridized carbons (Fsp3) is 0.769. The van der Waals surface area contributed by atoms with E-state index in [1.165, 1.54) is 24.4 Å². The first kappa shape index (κ1) is 13.0. The Bertz CT molecular complexity index is 471. The molecule has 104 valence electrons. The van der Waals surface area contributed by atoms with Crippen LogP contribution in [0.3, 0.4) is 0 Å². The molecule has 6 heteroatoms. The topological polar surface area (TPSA) is 58.1 Å². The van der Waals surface area contributed by atoms with Crippen LogP contribution >= 0.6 is 11.5 Å². The molecule has 0 spiro atoms. The zero-order valence-electron chi connectivity index (χ0n) is 11.4. The molecule has 1 aromatic heterocycles. The minimum Gasteiger partial charge on any atom is -0.347 e. The largest absolute Gasteiger partial charge is 0.347 e. The molecule has 1 amide bonds. The van der Waals surface area contributed by atoms with Crippen molar-refractivity contribution in [3.63, 3.8) is 0 Å². The number of carbonyl (C=O) groups excluding carboxylic acids is 1. The van der Waals surface area contributed by atoms with Crippen LogP contribution in [-0.4, -0.2) is 45.1 Å². The predicted octanol–water partition coefficient (Wildman–Crippen LogP) is 1.46. The maximum atomic E-state index is 12.2. The molecule has 0 radical (unpaired) electrons. The van der Waals surface area contributed by atoms with E-state index in [4.69, 9.17) is 0 Å². The summed E-state index contributed by atoms with van der Waals surface area (Å²) in [5, 5.41) is 7.14. The number of aryl methyl sites for hydroxylation is 1. The van der Waals surface area contributed by atoms with Gasteiger partial charge in [0, 0.05) is 24.7 Å². The van der Waals surface area contributed by atoms with Crippen LogP contribution in [-0.2, 0) is 6.42 Å². The quantitative estimate of drug-likeness (QED) is 0.907. The predicted molar refractivity (Wildman–Crippen MR) is 74.3 cm³/mol. The minimum atomic E-state index is 0.00157. The van der Waals surface area contributed by atoms with Crippen LogP contribution in [0.15, 0.2) is 0 Å². The molecule has 1 aromatic rings. The van der Waals surface area contributed by atoms with Crippen molar-refractivity contribution in [3.05, 3.63) is 10.6 Å². The molecular formula is C13H20N4OS. The minimum absolute atomic E-state index is 0.00157. The highest BCUT2D eigenvalue weighted by Gasteiger charge is 2.39. The summed E-state index contributed by atoms with van der Waals surface area (Å²) >= 11 is 1.20. The number of carbonyl (C=O) groups is 1.